The number of aromatic nitrogens is 2. The topological polar surface area (TPSA) is 110 Å². The number of piperidine rings is 1. The van der Waals surface area contributed by atoms with Gasteiger partial charge in [0, 0.05) is 25.0 Å². The molecule has 136 valence electrons. The van der Waals surface area contributed by atoms with Gasteiger partial charge >= 0.3 is 0 Å². The maximum Gasteiger partial charge on any atom is 0.274 e. The first-order chi connectivity index (χ1) is 12.0. The highest BCUT2D eigenvalue weighted by atomic mass is 32.2. The van der Waals surface area contributed by atoms with Crippen LogP contribution in [0.3, 0.4) is 0 Å². The summed E-state index contributed by atoms with van der Waals surface area (Å²) in [5.74, 6) is 2.19. The molecule has 25 heavy (non-hydrogen) atoms. The van der Waals surface area contributed by atoms with Gasteiger partial charge in [0.1, 0.15) is 17.9 Å². The van der Waals surface area contributed by atoms with Crippen molar-refractivity contribution >= 4 is 26.9 Å². The van der Waals surface area contributed by atoms with Gasteiger partial charge in [-0.25, -0.2) is 19.8 Å². The number of nitrogens with two attached hydrogens (primary N) is 1. The predicted molar refractivity (Wildman–Crippen MR) is 96.8 cm³/mol. The van der Waals surface area contributed by atoms with Crippen LogP contribution in [0.25, 0.3) is 10.9 Å². The van der Waals surface area contributed by atoms with Crippen LogP contribution in [0.5, 0.6) is 5.75 Å². The number of benzene rings is 1. The zero-order valence-corrected chi connectivity index (χ0v) is 15.0. The number of hydrogen-bond donors (Lipinski definition) is 2. The monoisotopic (exact) mass is 365 g/mol. The number of rotatable bonds is 6. The first-order valence-electron chi connectivity index (χ1n) is 8.27. The van der Waals surface area contributed by atoms with Crippen LogP contribution in [0, 0.1) is 5.92 Å². The van der Waals surface area contributed by atoms with Crippen molar-refractivity contribution in [2.24, 2.45) is 11.1 Å². The van der Waals surface area contributed by atoms with Crippen molar-refractivity contribution in [3.05, 3.63) is 24.5 Å². The molecule has 0 unspecified atom stereocenters. The minimum absolute atomic E-state index is 0.386. The Morgan fingerprint density at radius 1 is 1.32 bits per heavy atom. The van der Waals surface area contributed by atoms with Crippen molar-refractivity contribution in [1.82, 2.24) is 14.7 Å². The molecule has 2 heterocycles. The van der Waals surface area contributed by atoms with E-state index in [2.05, 4.69) is 19.6 Å². The van der Waals surface area contributed by atoms with Gasteiger partial charge in [-0.2, -0.15) is 8.42 Å². The smallest absolute Gasteiger partial charge is 0.274 e. The van der Waals surface area contributed by atoms with E-state index in [-0.39, 0.29) is 0 Å². The highest BCUT2D eigenvalue weighted by Crippen LogP contribution is 2.30. The van der Waals surface area contributed by atoms with E-state index < -0.39 is 10.2 Å². The Balaban J connectivity index is 1.66. The fourth-order valence-corrected chi connectivity index (χ4v) is 3.64. The summed E-state index contributed by atoms with van der Waals surface area (Å²) in [5.41, 5.74) is 0.894. The van der Waals surface area contributed by atoms with E-state index in [1.807, 2.05) is 18.2 Å². The predicted octanol–water partition coefficient (Wildman–Crippen LogP) is 1.04. The lowest BCUT2D eigenvalue weighted by Crippen LogP contribution is -2.37. The number of methoxy groups -OCH3 is 1. The Morgan fingerprint density at radius 2 is 2.08 bits per heavy atom. The number of nitrogens with one attached hydrogen (secondary N) is 1. The highest BCUT2D eigenvalue weighted by Gasteiger charge is 2.22. The maximum absolute atomic E-state index is 10.9. The van der Waals surface area contributed by atoms with Crippen molar-refractivity contribution in [3.8, 4) is 5.75 Å². The quantitative estimate of drug-likeness (QED) is 0.791. The largest absolute Gasteiger partial charge is 0.497 e. The SMILES string of the molecule is COc1ccc2ncnc(N3CCC(CCNS(N)(=O)=O)CC3)c2c1. The molecule has 0 bridgehead atoms. The van der Waals surface area contributed by atoms with Crippen molar-refractivity contribution in [1.29, 1.82) is 0 Å². The Bertz CT molecular complexity index is 835. The summed E-state index contributed by atoms with van der Waals surface area (Å²) in [6, 6.07) is 5.79. The van der Waals surface area contributed by atoms with Crippen molar-refractivity contribution in [3.63, 3.8) is 0 Å². The van der Waals surface area contributed by atoms with Gasteiger partial charge in [0.2, 0.25) is 0 Å². The molecule has 1 aromatic carbocycles. The molecule has 9 heteroatoms. The summed E-state index contributed by atoms with van der Waals surface area (Å²) < 4.78 is 29.5. The molecule has 3 rings (SSSR count). The summed E-state index contributed by atoms with van der Waals surface area (Å²) in [4.78, 5) is 11.1. The van der Waals surface area contributed by atoms with Gasteiger partial charge in [-0.1, -0.05) is 0 Å². The van der Waals surface area contributed by atoms with Crippen LogP contribution in [-0.4, -0.2) is 45.1 Å². The number of ether oxygens (including phenoxy) is 1. The van der Waals surface area contributed by atoms with Crippen LogP contribution in [0.15, 0.2) is 24.5 Å². The minimum atomic E-state index is -3.60. The molecule has 1 fully saturated rings. The van der Waals surface area contributed by atoms with E-state index in [1.165, 1.54) is 0 Å². The molecule has 0 radical (unpaired) electrons. The average molecular weight is 365 g/mol. The minimum Gasteiger partial charge on any atom is -0.497 e. The molecule has 8 nitrogen and oxygen atoms in total. The molecular weight excluding hydrogens is 342 g/mol. The lowest BCUT2D eigenvalue weighted by atomic mass is 9.93. The van der Waals surface area contributed by atoms with Crippen molar-refractivity contribution in [2.45, 2.75) is 19.3 Å². The average Bonchev–Trinajstić information content (AvgIpc) is 2.60. The number of nitrogens with zero attached hydrogens (tertiary/aromatic N) is 3. The summed E-state index contributed by atoms with van der Waals surface area (Å²) in [6.45, 7) is 2.14. The second-order valence-electron chi connectivity index (χ2n) is 6.24. The van der Waals surface area contributed by atoms with Crippen molar-refractivity contribution in [2.75, 3.05) is 31.6 Å². The van der Waals surface area contributed by atoms with Gasteiger partial charge in [-0.05, 0) is 43.4 Å². The Hall–Kier alpha value is -1.97. The zero-order valence-electron chi connectivity index (χ0n) is 14.2. The fraction of sp³-hybridized carbons (Fsp3) is 0.500. The molecule has 0 spiro atoms. The lowest BCUT2D eigenvalue weighted by molar-refractivity contribution is 0.381. The van der Waals surface area contributed by atoms with Gasteiger partial charge in [-0.3, -0.25) is 0 Å². The van der Waals surface area contributed by atoms with Crippen molar-refractivity contribution < 1.29 is 13.2 Å². The third kappa shape index (κ3) is 4.56. The molecule has 1 aliphatic heterocycles. The highest BCUT2D eigenvalue weighted by molar-refractivity contribution is 7.87. The van der Waals surface area contributed by atoms with Gasteiger partial charge in [0.15, 0.2) is 0 Å². The summed E-state index contributed by atoms with van der Waals surface area (Å²) in [5, 5.41) is 5.94. The normalized spacial score (nSPS) is 16.3. The molecule has 1 aromatic heterocycles. The van der Waals surface area contributed by atoms with E-state index >= 15 is 0 Å². The van der Waals surface area contributed by atoms with Crippen LogP contribution < -0.4 is 19.5 Å². The van der Waals surface area contributed by atoms with Gasteiger partial charge in [-0.15, -0.1) is 0 Å². The molecule has 1 aliphatic rings. The van der Waals surface area contributed by atoms with Crippen LogP contribution in [0.4, 0.5) is 5.82 Å². The third-order valence-corrected chi connectivity index (χ3v) is 5.20. The van der Waals surface area contributed by atoms with Crippen LogP contribution in [0.1, 0.15) is 19.3 Å². The van der Waals surface area contributed by atoms with Gasteiger partial charge in [0.25, 0.3) is 10.2 Å². The standard InChI is InChI=1S/C16H23N5O3S/c1-24-13-2-3-15-14(10-13)16(19-11-18-15)21-8-5-12(6-9-21)4-7-20-25(17,22)23/h2-3,10-12,20H,4-9H2,1H3,(H2,17,22,23). The van der Waals surface area contributed by atoms with E-state index in [0.717, 1.165) is 54.8 Å². The summed E-state index contributed by atoms with van der Waals surface area (Å²) in [6.07, 6.45) is 4.36. The van der Waals surface area contributed by atoms with Gasteiger partial charge in [0.05, 0.1) is 12.6 Å². The summed E-state index contributed by atoms with van der Waals surface area (Å²) >= 11 is 0. The molecular formula is C16H23N5O3S. The van der Waals surface area contributed by atoms with E-state index in [4.69, 9.17) is 9.88 Å². The zero-order chi connectivity index (χ0) is 17.9. The van der Waals surface area contributed by atoms with E-state index in [0.29, 0.717) is 12.5 Å². The van der Waals surface area contributed by atoms with Crippen LogP contribution >= 0.6 is 0 Å². The third-order valence-electron chi connectivity index (χ3n) is 4.59. The first-order valence-corrected chi connectivity index (χ1v) is 9.82. The maximum atomic E-state index is 10.9. The second kappa shape index (κ2) is 7.51. The number of hydrogen-bond acceptors (Lipinski definition) is 6. The summed E-state index contributed by atoms with van der Waals surface area (Å²) in [7, 11) is -1.95. The van der Waals surface area contributed by atoms with Crippen LogP contribution in [-0.2, 0) is 10.2 Å². The molecule has 2 aromatic rings. The number of fused-ring (bicyclic) bond motifs is 1. The second-order valence-corrected chi connectivity index (χ2v) is 7.62. The molecule has 0 amide bonds. The molecule has 0 atom stereocenters. The lowest BCUT2D eigenvalue weighted by Gasteiger charge is -2.33. The fourth-order valence-electron chi connectivity index (χ4n) is 3.24. The van der Waals surface area contributed by atoms with E-state index in [1.54, 1.807) is 13.4 Å². The first kappa shape index (κ1) is 17.8. The number of anilines is 1. The molecule has 0 saturated carbocycles. The van der Waals surface area contributed by atoms with E-state index in [9.17, 15) is 8.42 Å². The molecule has 3 N–H and O–H groups in total. The van der Waals surface area contributed by atoms with Crippen LogP contribution in [0.2, 0.25) is 0 Å². The van der Waals surface area contributed by atoms with Gasteiger partial charge < -0.3 is 9.64 Å². The Labute approximate surface area is 147 Å². The Kier molecular flexibility index (Phi) is 5.36. The molecule has 0 aliphatic carbocycles. The molecule has 1 saturated heterocycles. The Morgan fingerprint density at radius 3 is 2.76 bits per heavy atom.